The summed E-state index contributed by atoms with van der Waals surface area (Å²) in [5.74, 6) is 0.410. The molecule has 0 radical (unpaired) electrons. The molecule has 1 N–H and O–H groups in total. The number of nitriles is 1. The number of nitrogens with zero attached hydrogens (tertiary/aromatic N) is 2. The third kappa shape index (κ3) is 1.60. The maximum Gasteiger partial charge on any atom is 0.226 e. The minimum Gasteiger partial charge on any atom is -0.324 e. The van der Waals surface area contributed by atoms with Crippen molar-refractivity contribution in [1.82, 2.24) is 10.2 Å². The van der Waals surface area contributed by atoms with Gasteiger partial charge in [-0.25, -0.2) is 0 Å². The number of carbonyl (C=O) groups is 1. The highest BCUT2D eigenvalue weighted by Gasteiger charge is 2.34. The van der Waals surface area contributed by atoms with Crippen LogP contribution < -0.4 is 5.32 Å². The van der Waals surface area contributed by atoms with Crippen LogP contribution in [0.2, 0.25) is 0 Å². The molecule has 4 heteroatoms. The Bertz CT molecular complexity index is 267. The van der Waals surface area contributed by atoms with Crippen molar-refractivity contribution in [1.29, 1.82) is 5.26 Å². The van der Waals surface area contributed by atoms with Crippen molar-refractivity contribution in [2.45, 2.75) is 25.3 Å². The lowest BCUT2D eigenvalue weighted by Crippen LogP contribution is -2.55. The Morgan fingerprint density at radius 1 is 1.50 bits per heavy atom. The SMILES string of the molecule is N#CC1CNCCN1C(=O)C1CCC1. The number of nitrogens with one attached hydrogen (secondary N) is 1. The van der Waals surface area contributed by atoms with E-state index in [9.17, 15) is 4.79 Å². The van der Waals surface area contributed by atoms with E-state index in [0.717, 1.165) is 19.4 Å². The van der Waals surface area contributed by atoms with E-state index in [-0.39, 0.29) is 17.9 Å². The van der Waals surface area contributed by atoms with Crippen LogP contribution in [0.1, 0.15) is 19.3 Å². The van der Waals surface area contributed by atoms with Gasteiger partial charge in [0.05, 0.1) is 6.07 Å². The van der Waals surface area contributed by atoms with Crippen LogP contribution >= 0.6 is 0 Å². The molecule has 0 aromatic heterocycles. The van der Waals surface area contributed by atoms with Gasteiger partial charge in [-0.3, -0.25) is 4.79 Å². The molecular weight excluding hydrogens is 178 g/mol. The first kappa shape index (κ1) is 9.47. The molecule has 0 aromatic rings. The van der Waals surface area contributed by atoms with Crippen LogP contribution in [0.5, 0.6) is 0 Å². The normalized spacial score (nSPS) is 27.9. The lowest BCUT2D eigenvalue weighted by Gasteiger charge is -2.37. The van der Waals surface area contributed by atoms with Crippen molar-refractivity contribution < 1.29 is 4.79 Å². The molecule has 76 valence electrons. The maximum absolute atomic E-state index is 11.9. The Balaban J connectivity index is 1.99. The lowest BCUT2D eigenvalue weighted by atomic mass is 9.84. The Labute approximate surface area is 83.9 Å². The summed E-state index contributed by atoms with van der Waals surface area (Å²) in [5, 5.41) is 12.0. The minimum absolute atomic E-state index is 0.198. The van der Waals surface area contributed by atoms with E-state index >= 15 is 0 Å². The summed E-state index contributed by atoms with van der Waals surface area (Å²) in [7, 11) is 0. The molecule has 2 rings (SSSR count). The molecule has 1 amide bonds. The first-order chi connectivity index (χ1) is 6.83. The standard InChI is InChI=1S/C10H15N3O/c11-6-9-7-12-4-5-13(9)10(14)8-2-1-3-8/h8-9,12H,1-5,7H2. The van der Waals surface area contributed by atoms with E-state index in [1.54, 1.807) is 4.90 Å². The van der Waals surface area contributed by atoms with Crippen molar-refractivity contribution in [2.75, 3.05) is 19.6 Å². The fourth-order valence-electron chi connectivity index (χ4n) is 1.97. The third-order valence-electron chi connectivity index (χ3n) is 3.13. The summed E-state index contributed by atoms with van der Waals surface area (Å²) < 4.78 is 0. The number of hydrogen-bond donors (Lipinski definition) is 1. The van der Waals surface area contributed by atoms with Gasteiger partial charge in [-0.2, -0.15) is 5.26 Å². The lowest BCUT2D eigenvalue weighted by molar-refractivity contribution is -0.140. The molecule has 2 aliphatic rings. The van der Waals surface area contributed by atoms with E-state index < -0.39 is 0 Å². The molecule has 4 nitrogen and oxygen atoms in total. The molecule has 0 bridgehead atoms. The topological polar surface area (TPSA) is 56.1 Å². The molecule has 1 unspecified atom stereocenters. The number of carbonyl (C=O) groups excluding carboxylic acids is 1. The highest BCUT2D eigenvalue weighted by atomic mass is 16.2. The molecule has 2 fully saturated rings. The summed E-state index contributed by atoms with van der Waals surface area (Å²) in [5.41, 5.74) is 0. The van der Waals surface area contributed by atoms with E-state index in [2.05, 4.69) is 11.4 Å². The van der Waals surface area contributed by atoms with Gasteiger partial charge in [0, 0.05) is 25.6 Å². The van der Waals surface area contributed by atoms with Crippen LogP contribution in [0.25, 0.3) is 0 Å². The summed E-state index contributed by atoms with van der Waals surface area (Å²) in [4.78, 5) is 13.6. The maximum atomic E-state index is 11.9. The van der Waals surface area contributed by atoms with E-state index in [4.69, 9.17) is 5.26 Å². The van der Waals surface area contributed by atoms with Crippen LogP contribution in [-0.4, -0.2) is 36.5 Å². The van der Waals surface area contributed by atoms with Gasteiger partial charge >= 0.3 is 0 Å². The van der Waals surface area contributed by atoms with Crippen molar-refractivity contribution >= 4 is 5.91 Å². The van der Waals surface area contributed by atoms with Crippen LogP contribution in [0.3, 0.4) is 0 Å². The van der Waals surface area contributed by atoms with Gasteiger partial charge in [-0.05, 0) is 12.8 Å². The van der Waals surface area contributed by atoms with Gasteiger partial charge in [-0.1, -0.05) is 6.42 Å². The Morgan fingerprint density at radius 3 is 2.86 bits per heavy atom. The van der Waals surface area contributed by atoms with Gasteiger partial charge in [0.1, 0.15) is 6.04 Å². The molecule has 1 aliphatic carbocycles. The zero-order valence-electron chi connectivity index (χ0n) is 8.20. The fraction of sp³-hybridized carbons (Fsp3) is 0.800. The molecule has 1 atom stereocenters. The average Bonchev–Trinajstić information content (AvgIpc) is 2.15. The van der Waals surface area contributed by atoms with Crippen molar-refractivity contribution in [3.63, 3.8) is 0 Å². The van der Waals surface area contributed by atoms with Gasteiger partial charge in [0.15, 0.2) is 0 Å². The largest absolute Gasteiger partial charge is 0.324 e. The Hall–Kier alpha value is -1.08. The number of piperazine rings is 1. The van der Waals surface area contributed by atoms with Gasteiger partial charge in [0.2, 0.25) is 5.91 Å². The monoisotopic (exact) mass is 193 g/mol. The van der Waals surface area contributed by atoms with Crippen molar-refractivity contribution in [3.05, 3.63) is 0 Å². The Morgan fingerprint density at radius 2 is 2.29 bits per heavy atom. The Kier molecular flexibility index (Phi) is 2.69. The second kappa shape index (κ2) is 3.97. The van der Waals surface area contributed by atoms with E-state index in [0.29, 0.717) is 13.1 Å². The zero-order valence-corrected chi connectivity index (χ0v) is 8.20. The first-order valence-electron chi connectivity index (χ1n) is 5.23. The molecule has 1 saturated carbocycles. The second-order valence-electron chi connectivity index (χ2n) is 4.01. The molecule has 1 aliphatic heterocycles. The summed E-state index contributed by atoms with van der Waals surface area (Å²) in [6.07, 6.45) is 3.20. The molecule has 0 aromatic carbocycles. The van der Waals surface area contributed by atoms with Crippen molar-refractivity contribution in [2.24, 2.45) is 5.92 Å². The average molecular weight is 193 g/mol. The highest BCUT2D eigenvalue weighted by molar-refractivity contribution is 5.80. The quantitative estimate of drug-likeness (QED) is 0.643. The third-order valence-corrected chi connectivity index (χ3v) is 3.13. The van der Waals surface area contributed by atoms with Crippen LogP contribution in [-0.2, 0) is 4.79 Å². The number of amides is 1. The second-order valence-corrected chi connectivity index (χ2v) is 4.01. The summed E-state index contributed by atoms with van der Waals surface area (Å²) in [6, 6.07) is 1.93. The summed E-state index contributed by atoms with van der Waals surface area (Å²) >= 11 is 0. The van der Waals surface area contributed by atoms with Gasteiger partial charge in [-0.15, -0.1) is 0 Å². The van der Waals surface area contributed by atoms with E-state index in [1.807, 2.05) is 0 Å². The number of hydrogen-bond acceptors (Lipinski definition) is 3. The van der Waals surface area contributed by atoms with Crippen molar-refractivity contribution in [3.8, 4) is 6.07 Å². The number of rotatable bonds is 1. The predicted molar refractivity (Wildman–Crippen MR) is 51.3 cm³/mol. The predicted octanol–water partition coefficient (Wildman–Crippen LogP) is 0.110. The van der Waals surface area contributed by atoms with Gasteiger partial charge < -0.3 is 10.2 Å². The molecule has 1 heterocycles. The molecule has 1 saturated heterocycles. The van der Waals surface area contributed by atoms with Crippen LogP contribution in [0, 0.1) is 17.2 Å². The zero-order chi connectivity index (χ0) is 9.97. The molecule has 14 heavy (non-hydrogen) atoms. The molecule has 0 spiro atoms. The van der Waals surface area contributed by atoms with Crippen LogP contribution in [0.4, 0.5) is 0 Å². The summed E-state index contributed by atoms with van der Waals surface area (Å²) in [6.45, 7) is 2.12. The fourth-order valence-corrected chi connectivity index (χ4v) is 1.97. The molecular formula is C10H15N3O. The van der Waals surface area contributed by atoms with Gasteiger partial charge in [0.25, 0.3) is 0 Å². The smallest absolute Gasteiger partial charge is 0.226 e. The first-order valence-corrected chi connectivity index (χ1v) is 5.23. The van der Waals surface area contributed by atoms with E-state index in [1.165, 1.54) is 6.42 Å². The minimum atomic E-state index is -0.253. The van der Waals surface area contributed by atoms with Crippen LogP contribution in [0.15, 0.2) is 0 Å². The highest BCUT2D eigenvalue weighted by Crippen LogP contribution is 2.28.